The molecule has 0 aliphatic heterocycles. The van der Waals surface area contributed by atoms with Crippen molar-refractivity contribution in [2.45, 2.75) is 24.3 Å². The summed E-state index contributed by atoms with van der Waals surface area (Å²) in [6, 6.07) is 6.91. The fraction of sp³-hybridized carbons (Fsp3) is 0.333. The number of rotatable bonds is 3. The molecule has 3 nitrogen and oxygen atoms in total. The van der Waals surface area contributed by atoms with Crippen molar-refractivity contribution in [3.63, 3.8) is 0 Å². The van der Waals surface area contributed by atoms with Crippen LogP contribution in [0.4, 0.5) is 13.2 Å². The number of hydrogen-bond donors (Lipinski definition) is 0. The number of hydrogen-bond acceptors (Lipinski definition) is 3. The van der Waals surface area contributed by atoms with E-state index in [2.05, 4.69) is 4.18 Å². The summed E-state index contributed by atoms with van der Waals surface area (Å²) in [4.78, 5) is 0. The molecule has 0 aromatic heterocycles. The molecular weight excluding hydrogens is 317 g/mol. The van der Waals surface area contributed by atoms with Gasteiger partial charge in [-0.2, -0.15) is 21.6 Å². The molecule has 1 unspecified atom stereocenters. The molecule has 0 heterocycles. The van der Waals surface area contributed by atoms with Crippen molar-refractivity contribution < 1.29 is 25.8 Å². The van der Waals surface area contributed by atoms with Gasteiger partial charge in [-0.3, -0.25) is 0 Å². The van der Waals surface area contributed by atoms with Crippen LogP contribution in [0.5, 0.6) is 0 Å². The number of allylic oxidation sites excluding steroid dienone is 2. The maximum absolute atomic E-state index is 12.2. The molecule has 110 valence electrons. The van der Waals surface area contributed by atoms with Gasteiger partial charge in [0.25, 0.3) is 0 Å². The Kier molecular flexibility index (Phi) is 4.02. The first kappa shape index (κ1) is 15.2. The van der Waals surface area contributed by atoms with Gasteiger partial charge in [0.2, 0.25) is 0 Å². The lowest BCUT2D eigenvalue weighted by molar-refractivity contribution is -0.0523. The fourth-order valence-corrected chi connectivity index (χ4v) is 2.78. The molecule has 8 heteroatoms. The minimum Gasteiger partial charge on any atom is -0.381 e. The first-order valence-electron chi connectivity index (χ1n) is 5.65. The average Bonchev–Trinajstić information content (AvgIpc) is 2.75. The van der Waals surface area contributed by atoms with Crippen molar-refractivity contribution in [2.24, 2.45) is 0 Å². The van der Waals surface area contributed by atoms with E-state index in [9.17, 15) is 21.6 Å². The second kappa shape index (κ2) is 5.29. The van der Waals surface area contributed by atoms with Crippen LogP contribution in [-0.4, -0.2) is 13.9 Å². The average molecular weight is 327 g/mol. The van der Waals surface area contributed by atoms with E-state index in [1.165, 1.54) is 6.08 Å². The van der Waals surface area contributed by atoms with Gasteiger partial charge in [-0.15, -0.1) is 0 Å². The van der Waals surface area contributed by atoms with Gasteiger partial charge in [-0.1, -0.05) is 29.8 Å². The first-order valence-corrected chi connectivity index (χ1v) is 7.43. The van der Waals surface area contributed by atoms with E-state index >= 15 is 0 Å². The summed E-state index contributed by atoms with van der Waals surface area (Å²) in [5.41, 5.74) is -4.66. The predicted octanol–water partition coefficient (Wildman–Crippen LogP) is 3.97. The zero-order chi connectivity index (χ0) is 15.0. The van der Waals surface area contributed by atoms with Crippen molar-refractivity contribution >= 4 is 21.7 Å². The molecule has 1 atom stereocenters. The van der Waals surface area contributed by atoms with Crippen LogP contribution in [-0.2, 0) is 14.3 Å². The summed E-state index contributed by atoms with van der Waals surface area (Å²) in [6.07, 6.45) is 1.79. The molecule has 1 aromatic rings. The van der Waals surface area contributed by atoms with Crippen LogP contribution in [0.1, 0.15) is 24.3 Å². The molecule has 0 saturated carbocycles. The van der Waals surface area contributed by atoms with Gasteiger partial charge in [0.05, 0.1) is 0 Å². The number of alkyl halides is 3. The molecular formula is C12H10ClF3O3S. The molecule has 0 radical (unpaired) electrons. The second-order valence-corrected chi connectivity index (χ2v) is 6.26. The van der Waals surface area contributed by atoms with Crippen LogP contribution in [0.3, 0.4) is 0 Å². The van der Waals surface area contributed by atoms with E-state index in [0.29, 0.717) is 11.4 Å². The highest BCUT2D eigenvalue weighted by molar-refractivity contribution is 7.87. The van der Waals surface area contributed by atoms with E-state index in [-0.39, 0.29) is 18.1 Å². The zero-order valence-electron chi connectivity index (χ0n) is 10.0. The Labute approximate surface area is 119 Å². The summed E-state index contributed by atoms with van der Waals surface area (Å²) in [5.74, 6) is -0.380. The molecule has 0 fully saturated rings. The summed E-state index contributed by atoms with van der Waals surface area (Å²) in [7, 11) is -5.60. The molecule has 0 amide bonds. The number of halogens is 4. The molecule has 0 bridgehead atoms. The van der Waals surface area contributed by atoms with E-state index in [4.69, 9.17) is 11.6 Å². The molecule has 1 aliphatic carbocycles. The van der Waals surface area contributed by atoms with Crippen molar-refractivity contribution in [2.75, 3.05) is 0 Å². The lowest BCUT2D eigenvalue weighted by Gasteiger charge is -2.13. The van der Waals surface area contributed by atoms with Gasteiger partial charge in [0.15, 0.2) is 0 Å². The summed E-state index contributed by atoms with van der Waals surface area (Å²) < 4.78 is 62.6. The monoisotopic (exact) mass is 326 g/mol. The largest absolute Gasteiger partial charge is 0.534 e. The molecule has 0 saturated heterocycles. The quantitative estimate of drug-likeness (QED) is 0.623. The van der Waals surface area contributed by atoms with Crippen molar-refractivity contribution in [1.29, 1.82) is 0 Å². The highest BCUT2D eigenvalue weighted by atomic mass is 35.5. The van der Waals surface area contributed by atoms with Crippen LogP contribution in [0, 0.1) is 0 Å². The van der Waals surface area contributed by atoms with Crippen molar-refractivity contribution in [3.8, 4) is 0 Å². The van der Waals surface area contributed by atoms with Crippen LogP contribution < -0.4 is 0 Å². The van der Waals surface area contributed by atoms with Crippen molar-refractivity contribution in [3.05, 3.63) is 46.7 Å². The predicted molar refractivity (Wildman–Crippen MR) is 67.6 cm³/mol. The van der Waals surface area contributed by atoms with E-state index in [0.717, 1.165) is 5.56 Å². The van der Waals surface area contributed by atoms with Crippen LogP contribution in [0.25, 0.3) is 0 Å². The zero-order valence-corrected chi connectivity index (χ0v) is 11.6. The summed E-state index contributed by atoms with van der Waals surface area (Å²) >= 11 is 6.00. The summed E-state index contributed by atoms with van der Waals surface area (Å²) in [5, 5.41) is 0.492. The lowest BCUT2D eigenvalue weighted by atomic mass is 9.97. The normalized spacial score (nSPS) is 19.8. The van der Waals surface area contributed by atoms with E-state index < -0.39 is 15.6 Å². The van der Waals surface area contributed by atoms with Crippen LogP contribution >= 0.6 is 11.6 Å². The Morgan fingerprint density at radius 1 is 1.25 bits per heavy atom. The van der Waals surface area contributed by atoms with Gasteiger partial charge in [-0.05, 0) is 30.0 Å². The van der Waals surface area contributed by atoms with Crippen LogP contribution in [0.2, 0.25) is 5.02 Å². The molecule has 20 heavy (non-hydrogen) atoms. The smallest absolute Gasteiger partial charge is 0.381 e. The Balaban J connectivity index is 2.09. The second-order valence-electron chi connectivity index (χ2n) is 4.31. The van der Waals surface area contributed by atoms with Gasteiger partial charge in [-0.25, -0.2) is 0 Å². The standard InChI is InChI=1S/C12H10ClF3O3S/c13-11-4-2-1-3-10(11)8-5-6-9(7-8)19-20(17,18)12(14,15)16/h1-4,6,8H,5,7H2. The third-order valence-electron chi connectivity index (χ3n) is 2.92. The van der Waals surface area contributed by atoms with Gasteiger partial charge < -0.3 is 4.18 Å². The molecule has 0 N–H and O–H groups in total. The molecule has 2 rings (SSSR count). The third kappa shape index (κ3) is 3.09. The Morgan fingerprint density at radius 2 is 1.90 bits per heavy atom. The minimum atomic E-state index is -5.60. The lowest BCUT2D eigenvalue weighted by Crippen LogP contribution is -2.25. The number of benzene rings is 1. The molecule has 1 aliphatic rings. The maximum atomic E-state index is 12.2. The van der Waals surface area contributed by atoms with Crippen LogP contribution in [0.15, 0.2) is 36.1 Å². The van der Waals surface area contributed by atoms with Crippen molar-refractivity contribution in [1.82, 2.24) is 0 Å². The maximum Gasteiger partial charge on any atom is 0.534 e. The fourth-order valence-electron chi connectivity index (χ4n) is 1.98. The van der Waals surface area contributed by atoms with Gasteiger partial charge in [0, 0.05) is 11.4 Å². The first-order chi connectivity index (χ1) is 9.21. The SMILES string of the molecule is O=S(=O)(OC1=CCC(c2ccccc2Cl)C1)C(F)(F)F. The minimum absolute atomic E-state index is 0.0685. The van der Waals surface area contributed by atoms with E-state index in [1.807, 2.05) is 0 Å². The topological polar surface area (TPSA) is 43.4 Å². The van der Waals surface area contributed by atoms with Gasteiger partial charge >= 0.3 is 15.6 Å². The molecule has 0 spiro atoms. The third-order valence-corrected chi connectivity index (χ3v) is 4.27. The Morgan fingerprint density at radius 3 is 2.50 bits per heavy atom. The Hall–Kier alpha value is -1.21. The molecule has 1 aromatic carbocycles. The Bertz CT molecular complexity index is 638. The highest BCUT2D eigenvalue weighted by Gasteiger charge is 2.49. The highest BCUT2D eigenvalue weighted by Crippen LogP contribution is 2.39. The van der Waals surface area contributed by atoms with E-state index in [1.54, 1.807) is 24.3 Å². The van der Waals surface area contributed by atoms with Gasteiger partial charge in [0.1, 0.15) is 5.76 Å². The summed E-state index contributed by atoms with van der Waals surface area (Å²) in [6.45, 7) is 0.